The molecule has 0 spiro atoms. The van der Waals surface area contributed by atoms with E-state index in [9.17, 15) is 0 Å². The lowest BCUT2D eigenvalue weighted by Crippen LogP contribution is -2.42. The van der Waals surface area contributed by atoms with E-state index < -0.39 is 0 Å². The van der Waals surface area contributed by atoms with E-state index >= 15 is 0 Å². The molecule has 1 heterocycles. The van der Waals surface area contributed by atoms with Gasteiger partial charge in [0.25, 0.3) is 0 Å². The summed E-state index contributed by atoms with van der Waals surface area (Å²) in [5.41, 5.74) is 1.28. The monoisotopic (exact) mass is 342 g/mol. The predicted octanol–water partition coefficient (Wildman–Crippen LogP) is 3.36. The number of thioether (sulfide) groups is 1. The van der Waals surface area contributed by atoms with Crippen LogP contribution in [0.5, 0.6) is 0 Å². The zero-order chi connectivity index (χ0) is 17.0. The Morgan fingerprint density at radius 1 is 1.25 bits per heavy atom. The number of aromatic nitrogens is 1. The van der Waals surface area contributed by atoms with Crippen LogP contribution in [-0.2, 0) is 13.6 Å². The second-order valence-electron chi connectivity index (χ2n) is 6.47. The van der Waals surface area contributed by atoms with Crippen LogP contribution in [0.15, 0.2) is 58.5 Å². The largest absolute Gasteiger partial charge is 0.355 e. The summed E-state index contributed by atoms with van der Waals surface area (Å²) in [6.07, 6.45) is 4.60. The van der Waals surface area contributed by atoms with Crippen molar-refractivity contribution >= 4 is 17.7 Å². The standard InChI is InChI=1S/C19H26N4S/c1-20-18(23(3)14-16-8-7-13-22(16)2)21-15-19(11-12-19)24-17-9-5-4-6-10-17/h4-10,13H,11-12,14-15H2,1-3H3,(H,20,21). The summed E-state index contributed by atoms with van der Waals surface area (Å²) in [6.45, 7) is 1.80. The number of nitrogens with zero attached hydrogens (tertiary/aromatic N) is 3. The van der Waals surface area contributed by atoms with E-state index in [0.717, 1.165) is 19.0 Å². The lowest BCUT2D eigenvalue weighted by molar-refractivity contribution is 0.461. The van der Waals surface area contributed by atoms with Crippen molar-refractivity contribution < 1.29 is 0 Å². The summed E-state index contributed by atoms with van der Waals surface area (Å²) in [7, 11) is 6.02. The fourth-order valence-corrected chi connectivity index (χ4v) is 4.04. The van der Waals surface area contributed by atoms with Gasteiger partial charge in [0.05, 0.1) is 6.54 Å². The van der Waals surface area contributed by atoms with Crippen LogP contribution in [-0.4, -0.2) is 40.8 Å². The van der Waals surface area contributed by atoms with Gasteiger partial charge in [-0.1, -0.05) is 18.2 Å². The number of nitrogens with one attached hydrogen (secondary N) is 1. The van der Waals surface area contributed by atoms with E-state index in [1.165, 1.54) is 23.4 Å². The molecule has 0 radical (unpaired) electrons. The third-order valence-electron chi connectivity index (χ3n) is 4.48. The van der Waals surface area contributed by atoms with Crippen molar-refractivity contribution in [2.45, 2.75) is 29.0 Å². The fourth-order valence-electron chi connectivity index (χ4n) is 2.80. The zero-order valence-electron chi connectivity index (χ0n) is 14.7. The molecule has 1 aliphatic carbocycles. The first-order valence-corrected chi connectivity index (χ1v) is 9.20. The van der Waals surface area contributed by atoms with Crippen LogP contribution < -0.4 is 5.32 Å². The second kappa shape index (κ2) is 7.34. The molecule has 1 saturated carbocycles. The Labute approximate surface area is 149 Å². The van der Waals surface area contributed by atoms with Crippen LogP contribution in [0.1, 0.15) is 18.5 Å². The third-order valence-corrected chi connectivity index (χ3v) is 5.97. The van der Waals surface area contributed by atoms with Crippen LogP contribution >= 0.6 is 11.8 Å². The highest BCUT2D eigenvalue weighted by Gasteiger charge is 2.43. The Morgan fingerprint density at radius 3 is 2.58 bits per heavy atom. The Kier molecular flexibility index (Phi) is 5.19. The summed E-state index contributed by atoms with van der Waals surface area (Å²) < 4.78 is 2.47. The van der Waals surface area contributed by atoms with Crippen LogP contribution in [0.2, 0.25) is 0 Å². The van der Waals surface area contributed by atoms with Gasteiger partial charge >= 0.3 is 0 Å². The molecular formula is C19H26N4S. The van der Waals surface area contributed by atoms with Crippen molar-refractivity contribution in [1.82, 2.24) is 14.8 Å². The van der Waals surface area contributed by atoms with Gasteiger partial charge in [0.15, 0.2) is 5.96 Å². The van der Waals surface area contributed by atoms with Gasteiger partial charge in [0.1, 0.15) is 0 Å². The summed E-state index contributed by atoms with van der Waals surface area (Å²) in [6, 6.07) is 14.9. The number of aryl methyl sites for hydroxylation is 1. The minimum Gasteiger partial charge on any atom is -0.355 e. The van der Waals surface area contributed by atoms with Gasteiger partial charge in [-0.05, 0) is 37.1 Å². The molecule has 128 valence electrons. The Bertz CT molecular complexity index is 688. The molecule has 1 aromatic carbocycles. The van der Waals surface area contributed by atoms with Gasteiger partial charge in [0, 0.05) is 49.2 Å². The molecule has 3 rings (SSSR count). The Hall–Kier alpha value is -1.88. The first-order chi connectivity index (χ1) is 11.6. The molecular weight excluding hydrogens is 316 g/mol. The summed E-state index contributed by atoms with van der Waals surface area (Å²) in [5.74, 6) is 0.955. The lowest BCUT2D eigenvalue weighted by atomic mass is 10.4. The molecule has 0 unspecified atom stereocenters. The molecule has 24 heavy (non-hydrogen) atoms. The first-order valence-electron chi connectivity index (χ1n) is 8.38. The van der Waals surface area contributed by atoms with Crippen LogP contribution in [0.3, 0.4) is 0 Å². The first kappa shape index (κ1) is 17.0. The normalized spacial score (nSPS) is 16.0. The smallest absolute Gasteiger partial charge is 0.193 e. The minimum absolute atomic E-state index is 0.323. The van der Waals surface area contributed by atoms with Gasteiger partial charge in [-0.2, -0.15) is 0 Å². The minimum atomic E-state index is 0.323. The summed E-state index contributed by atoms with van der Waals surface area (Å²) in [4.78, 5) is 7.98. The molecule has 0 aliphatic heterocycles. The maximum absolute atomic E-state index is 4.45. The van der Waals surface area contributed by atoms with Gasteiger partial charge in [-0.25, -0.2) is 0 Å². The number of guanidine groups is 1. The third kappa shape index (κ3) is 4.15. The van der Waals surface area contributed by atoms with Crippen LogP contribution in [0, 0.1) is 0 Å². The quantitative estimate of drug-likeness (QED) is 0.645. The van der Waals surface area contributed by atoms with Gasteiger partial charge < -0.3 is 14.8 Å². The van der Waals surface area contributed by atoms with Crippen LogP contribution in [0.4, 0.5) is 0 Å². The number of aliphatic imine (C=N–C) groups is 1. The van der Waals surface area contributed by atoms with E-state index in [1.807, 2.05) is 18.8 Å². The molecule has 2 aromatic rings. The average molecular weight is 343 g/mol. The number of hydrogen-bond donors (Lipinski definition) is 1. The molecule has 1 aromatic heterocycles. The van der Waals surface area contributed by atoms with E-state index in [2.05, 4.69) is 82.5 Å². The average Bonchev–Trinajstić information content (AvgIpc) is 3.23. The van der Waals surface area contributed by atoms with Crippen molar-refractivity contribution in [1.29, 1.82) is 0 Å². The summed E-state index contributed by atoms with van der Waals surface area (Å²) >= 11 is 1.99. The van der Waals surface area contributed by atoms with Gasteiger partial charge in [0.2, 0.25) is 0 Å². The lowest BCUT2D eigenvalue weighted by Gasteiger charge is -2.24. The highest BCUT2D eigenvalue weighted by molar-refractivity contribution is 8.01. The molecule has 4 nitrogen and oxygen atoms in total. The van der Waals surface area contributed by atoms with Crippen molar-refractivity contribution in [2.75, 3.05) is 20.6 Å². The molecule has 1 N–H and O–H groups in total. The van der Waals surface area contributed by atoms with Crippen LogP contribution in [0.25, 0.3) is 0 Å². The highest BCUT2D eigenvalue weighted by Crippen LogP contribution is 2.51. The molecule has 1 fully saturated rings. The van der Waals surface area contributed by atoms with E-state index in [0.29, 0.717) is 4.75 Å². The van der Waals surface area contributed by atoms with Gasteiger partial charge in [-0.3, -0.25) is 4.99 Å². The predicted molar refractivity (Wildman–Crippen MR) is 103 cm³/mol. The second-order valence-corrected chi connectivity index (χ2v) is 8.01. The maximum atomic E-state index is 4.45. The topological polar surface area (TPSA) is 32.6 Å². The van der Waals surface area contributed by atoms with E-state index in [-0.39, 0.29) is 0 Å². The number of rotatable bonds is 6. The summed E-state index contributed by atoms with van der Waals surface area (Å²) in [5, 5.41) is 3.57. The molecule has 1 aliphatic rings. The Morgan fingerprint density at radius 2 is 2.00 bits per heavy atom. The van der Waals surface area contributed by atoms with E-state index in [1.54, 1.807) is 0 Å². The van der Waals surface area contributed by atoms with Crippen molar-refractivity contribution in [3.8, 4) is 0 Å². The molecule has 5 heteroatoms. The van der Waals surface area contributed by atoms with Crippen molar-refractivity contribution in [3.05, 3.63) is 54.4 Å². The molecule has 0 saturated heterocycles. The van der Waals surface area contributed by atoms with Crippen molar-refractivity contribution in [3.63, 3.8) is 0 Å². The van der Waals surface area contributed by atoms with Gasteiger partial charge in [-0.15, -0.1) is 11.8 Å². The maximum Gasteiger partial charge on any atom is 0.193 e. The van der Waals surface area contributed by atoms with Crippen molar-refractivity contribution in [2.24, 2.45) is 12.0 Å². The molecule has 0 bridgehead atoms. The molecule has 0 amide bonds. The SMILES string of the molecule is CN=C(NCC1(Sc2ccccc2)CC1)N(C)Cc1cccn1C. The number of hydrogen-bond acceptors (Lipinski definition) is 2. The zero-order valence-corrected chi connectivity index (χ0v) is 15.5. The van der Waals surface area contributed by atoms with E-state index in [4.69, 9.17) is 0 Å². The molecule has 0 atom stereocenters. The fraction of sp³-hybridized carbons (Fsp3) is 0.421. The Balaban J connectivity index is 1.55. The number of benzene rings is 1. The highest BCUT2D eigenvalue weighted by atomic mass is 32.2.